The van der Waals surface area contributed by atoms with Gasteiger partial charge in [0.1, 0.15) is 6.10 Å². The molecular weight excluding hydrogens is 182 g/mol. The molecule has 1 saturated carbocycles. The Hall–Kier alpha value is -0.150. The summed E-state index contributed by atoms with van der Waals surface area (Å²) in [6, 6.07) is 0.407. The highest BCUT2D eigenvalue weighted by atomic mass is 32.1. The van der Waals surface area contributed by atoms with E-state index in [2.05, 4.69) is 24.5 Å². The maximum Gasteiger partial charge on any atom is 0.114 e. The fourth-order valence-corrected chi connectivity index (χ4v) is 1.94. The van der Waals surface area contributed by atoms with E-state index in [-0.39, 0.29) is 6.10 Å². The van der Waals surface area contributed by atoms with Gasteiger partial charge in [-0.1, -0.05) is 25.8 Å². The van der Waals surface area contributed by atoms with Crippen LogP contribution < -0.4 is 4.72 Å². The molecule has 2 atom stereocenters. The molecule has 3 heteroatoms. The Labute approximate surface area is 86.3 Å². The van der Waals surface area contributed by atoms with Crippen molar-refractivity contribution in [3.63, 3.8) is 0 Å². The third-order valence-corrected chi connectivity index (χ3v) is 2.77. The number of hydrogen-bond acceptors (Lipinski definition) is 3. The van der Waals surface area contributed by atoms with E-state index in [1.165, 1.54) is 12.8 Å². The summed E-state index contributed by atoms with van der Waals surface area (Å²) in [5, 5.41) is 0. The lowest BCUT2D eigenvalue weighted by atomic mass is 10.1. The minimum absolute atomic E-state index is 0.265. The molecule has 2 unspecified atom stereocenters. The Balaban J connectivity index is 2.40. The summed E-state index contributed by atoms with van der Waals surface area (Å²) >= 11 is 4.16. The molecule has 0 aromatic heterocycles. The number of thiol groups is 1. The van der Waals surface area contributed by atoms with Crippen LogP contribution in [0.15, 0.2) is 12.3 Å². The number of hydrogen-bond donors (Lipinski definition) is 2. The SMILES string of the molecule is C/C=C\OC(CC)C(NS)C1CC1. The standard InChI is InChI=1S/C10H19NOS/c1-3-7-12-9(4-2)10(11-13)8-5-6-8/h3,7-11,13H,4-6H2,1-2H3/b7-3-. The molecule has 0 saturated heterocycles. The van der Waals surface area contributed by atoms with Crippen molar-refractivity contribution in [1.29, 1.82) is 0 Å². The molecule has 0 bridgehead atoms. The summed E-state index contributed by atoms with van der Waals surface area (Å²) in [6.07, 6.45) is 7.61. The van der Waals surface area contributed by atoms with Gasteiger partial charge in [0.2, 0.25) is 0 Å². The molecule has 2 nitrogen and oxygen atoms in total. The van der Waals surface area contributed by atoms with Gasteiger partial charge in [0.05, 0.1) is 12.3 Å². The van der Waals surface area contributed by atoms with Crippen molar-refractivity contribution in [3.8, 4) is 0 Å². The van der Waals surface area contributed by atoms with Crippen LogP contribution in [-0.4, -0.2) is 12.1 Å². The van der Waals surface area contributed by atoms with Gasteiger partial charge in [0.25, 0.3) is 0 Å². The highest BCUT2D eigenvalue weighted by Crippen LogP contribution is 2.35. The van der Waals surface area contributed by atoms with Crippen LogP contribution in [-0.2, 0) is 4.74 Å². The van der Waals surface area contributed by atoms with Crippen molar-refractivity contribution in [2.75, 3.05) is 0 Å². The molecule has 0 aromatic carbocycles. The summed E-state index contributed by atoms with van der Waals surface area (Å²) in [4.78, 5) is 0. The van der Waals surface area contributed by atoms with E-state index in [0.29, 0.717) is 6.04 Å². The normalized spacial score (nSPS) is 21.8. The van der Waals surface area contributed by atoms with Crippen molar-refractivity contribution in [2.24, 2.45) is 5.92 Å². The van der Waals surface area contributed by atoms with Crippen LogP contribution in [0.2, 0.25) is 0 Å². The third-order valence-electron chi connectivity index (χ3n) is 2.47. The molecular formula is C10H19NOS. The summed E-state index contributed by atoms with van der Waals surface area (Å²) in [7, 11) is 0. The first-order chi connectivity index (χ1) is 6.33. The predicted molar refractivity (Wildman–Crippen MR) is 58.6 cm³/mol. The van der Waals surface area contributed by atoms with E-state index in [9.17, 15) is 0 Å². The fraction of sp³-hybridized carbons (Fsp3) is 0.800. The molecule has 76 valence electrons. The first-order valence-electron chi connectivity index (χ1n) is 4.99. The first-order valence-corrected chi connectivity index (χ1v) is 5.44. The molecule has 0 aromatic rings. The van der Waals surface area contributed by atoms with Crippen molar-refractivity contribution in [3.05, 3.63) is 12.3 Å². The minimum Gasteiger partial charge on any atom is -0.497 e. The number of allylic oxidation sites excluding steroid dienone is 1. The lowest BCUT2D eigenvalue weighted by molar-refractivity contribution is 0.101. The zero-order valence-electron chi connectivity index (χ0n) is 8.36. The average Bonchev–Trinajstić information content (AvgIpc) is 2.95. The molecule has 0 heterocycles. The molecule has 0 radical (unpaired) electrons. The van der Waals surface area contributed by atoms with Crippen molar-refractivity contribution < 1.29 is 4.74 Å². The molecule has 1 aliphatic rings. The smallest absolute Gasteiger partial charge is 0.114 e. The average molecular weight is 201 g/mol. The molecule has 0 aliphatic heterocycles. The van der Waals surface area contributed by atoms with Gasteiger partial charge in [0.15, 0.2) is 0 Å². The van der Waals surface area contributed by atoms with Crippen LogP contribution in [0.3, 0.4) is 0 Å². The lowest BCUT2D eigenvalue weighted by Gasteiger charge is -2.24. The van der Waals surface area contributed by atoms with Crippen LogP contribution in [0, 0.1) is 5.92 Å². The second-order valence-corrected chi connectivity index (χ2v) is 3.80. The molecule has 1 fully saturated rings. The van der Waals surface area contributed by atoms with Crippen LogP contribution in [0.5, 0.6) is 0 Å². The van der Waals surface area contributed by atoms with Gasteiger partial charge in [-0.15, -0.1) is 0 Å². The van der Waals surface area contributed by atoms with E-state index in [1.54, 1.807) is 6.26 Å². The Morgan fingerprint density at radius 3 is 2.69 bits per heavy atom. The molecule has 0 spiro atoms. The summed E-state index contributed by atoms with van der Waals surface area (Å²) in [5.74, 6) is 0.771. The second-order valence-electron chi connectivity index (χ2n) is 3.54. The van der Waals surface area contributed by atoms with E-state index < -0.39 is 0 Å². The fourth-order valence-electron chi connectivity index (χ4n) is 1.56. The number of ether oxygens (including phenoxy) is 1. The van der Waals surface area contributed by atoms with Gasteiger partial charge < -0.3 is 4.74 Å². The Morgan fingerprint density at radius 1 is 1.62 bits per heavy atom. The predicted octanol–water partition coefficient (Wildman–Crippen LogP) is 2.53. The molecule has 1 rings (SSSR count). The number of nitrogens with one attached hydrogen (secondary N) is 1. The maximum atomic E-state index is 5.60. The van der Waals surface area contributed by atoms with E-state index in [1.807, 2.05) is 13.0 Å². The minimum atomic E-state index is 0.265. The zero-order chi connectivity index (χ0) is 9.68. The Kier molecular flexibility index (Phi) is 4.67. The van der Waals surface area contributed by atoms with Crippen LogP contribution in [0.1, 0.15) is 33.1 Å². The second kappa shape index (κ2) is 5.55. The quantitative estimate of drug-likeness (QED) is 0.509. The number of rotatable bonds is 6. The summed E-state index contributed by atoms with van der Waals surface area (Å²) in [5.41, 5.74) is 0. The summed E-state index contributed by atoms with van der Waals surface area (Å²) < 4.78 is 8.66. The Bertz CT molecular complexity index is 168. The monoisotopic (exact) mass is 201 g/mol. The van der Waals surface area contributed by atoms with Crippen molar-refractivity contribution in [2.45, 2.75) is 45.3 Å². The van der Waals surface area contributed by atoms with Crippen LogP contribution >= 0.6 is 12.8 Å². The molecule has 13 heavy (non-hydrogen) atoms. The maximum absolute atomic E-state index is 5.60. The zero-order valence-corrected chi connectivity index (χ0v) is 9.26. The third kappa shape index (κ3) is 3.24. The van der Waals surface area contributed by atoms with Crippen LogP contribution in [0.4, 0.5) is 0 Å². The van der Waals surface area contributed by atoms with Gasteiger partial charge in [-0.25, -0.2) is 0 Å². The first kappa shape index (κ1) is 10.9. The van der Waals surface area contributed by atoms with Crippen molar-refractivity contribution in [1.82, 2.24) is 4.72 Å². The summed E-state index contributed by atoms with van der Waals surface area (Å²) in [6.45, 7) is 4.11. The van der Waals surface area contributed by atoms with Gasteiger partial charge in [-0.3, -0.25) is 4.72 Å². The molecule has 1 aliphatic carbocycles. The van der Waals surface area contributed by atoms with Gasteiger partial charge in [-0.2, -0.15) is 0 Å². The van der Waals surface area contributed by atoms with E-state index >= 15 is 0 Å². The van der Waals surface area contributed by atoms with Gasteiger partial charge in [-0.05, 0) is 32.1 Å². The van der Waals surface area contributed by atoms with Gasteiger partial charge in [0, 0.05) is 0 Å². The lowest BCUT2D eigenvalue weighted by Crippen LogP contribution is -2.37. The topological polar surface area (TPSA) is 21.3 Å². The van der Waals surface area contributed by atoms with E-state index in [0.717, 1.165) is 12.3 Å². The van der Waals surface area contributed by atoms with Gasteiger partial charge >= 0.3 is 0 Å². The highest BCUT2D eigenvalue weighted by molar-refractivity contribution is 7.78. The Morgan fingerprint density at radius 2 is 2.31 bits per heavy atom. The van der Waals surface area contributed by atoms with Crippen LogP contribution in [0.25, 0.3) is 0 Å². The largest absolute Gasteiger partial charge is 0.497 e. The van der Waals surface area contributed by atoms with E-state index in [4.69, 9.17) is 4.74 Å². The highest BCUT2D eigenvalue weighted by Gasteiger charge is 2.35. The molecule has 0 amide bonds. The molecule has 1 N–H and O–H groups in total. The van der Waals surface area contributed by atoms with Crippen molar-refractivity contribution >= 4 is 12.8 Å².